The van der Waals surface area contributed by atoms with Crippen LogP contribution in [0.25, 0.3) is 0 Å². The first-order valence-corrected chi connectivity index (χ1v) is 9.49. The van der Waals surface area contributed by atoms with Crippen molar-refractivity contribution in [3.63, 3.8) is 0 Å². The van der Waals surface area contributed by atoms with Crippen LogP contribution in [0.5, 0.6) is 11.5 Å². The Hall–Kier alpha value is -2.49. The van der Waals surface area contributed by atoms with Gasteiger partial charge in [-0.15, -0.1) is 0 Å². The van der Waals surface area contributed by atoms with E-state index in [4.69, 9.17) is 9.47 Å². The van der Waals surface area contributed by atoms with Crippen molar-refractivity contribution < 1.29 is 14.3 Å². The molecule has 4 nitrogen and oxygen atoms in total. The molecule has 27 heavy (non-hydrogen) atoms. The van der Waals surface area contributed by atoms with Crippen molar-refractivity contribution in [3.8, 4) is 11.5 Å². The summed E-state index contributed by atoms with van der Waals surface area (Å²) >= 11 is 0. The zero-order chi connectivity index (χ0) is 19.9. The minimum absolute atomic E-state index is 0.000394. The van der Waals surface area contributed by atoms with Gasteiger partial charge in [-0.25, -0.2) is 0 Å². The molecule has 0 saturated heterocycles. The average Bonchev–Trinajstić information content (AvgIpc) is 2.63. The lowest BCUT2D eigenvalue weighted by molar-refractivity contribution is -0.123. The van der Waals surface area contributed by atoms with E-state index < -0.39 is 0 Å². The largest absolute Gasteiger partial charge is 0.491 e. The lowest BCUT2D eigenvalue weighted by Crippen LogP contribution is -2.32. The molecule has 0 bridgehead atoms. The molecule has 0 atom stereocenters. The first-order chi connectivity index (χ1) is 12.8. The van der Waals surface area contributed by atoms with Crippen LogP contribution in [0.3, 0.4) is 0 Å². The van der Waals surface area contributed by atoms with Gasteiger partial charge in [0.25, 0.3) is 5.91 Å². The quantitative estimate of drug-likeness (QED) is 0.687. The highest BCUT2D eigenvalue weighted by Crippen LogP contribution is 2.30. The van der Waals surface area contributed by atoms with Crippen molar-refractivity contribution in [3.05, 3.63) is 59.7 Å². The molecule has 1 amide bonds. The molecule has 146 valence electrons. The third-order valence-electron chi connectivity index (χ3n) is 4.29. The Morgan fingerprint density at radius 1 is 1.00 bits per heavy atom. The molecule has 0 aliphatic carbocycles. The van der Waals surface area contributed by atoms with E-state index in [2.05, 4.69) is 46.0 Å². The van der Waals surface area contributed by atoms with Crippen LogP contribution >= 0.6 is 0 Å². The summed E-state index contributed by atoms with van der Waals surface area (Å²) in [5, 5.41) is 2.82. The molecule has 0 aromatic heterocycles. The van der Waals surface area contributed by atoms with Crippen LogP contribution in [0.4, 0.5) is 0 Å². The molecule has 0 saturated carbocycles. The van der Waals surface area contributed by atoms with Gasteiger partial charge in [0.15, 0.2) is 6.61 Å². The number of ether oxygens (including phenoxy) is 2. The van der Waals surface area contributed by atoms with Crippen molar-refractivity contribution in [2.45, 2.75) is 46.0 Å². The molecule has 0 radical (unpaired) electrons. The first kappa shape index (κ1) is 20.8. The van der Waals surface area contributed by atoms with Crippen LogP contribution in [0, 0.1) is 0 Å². The maximum absolute atomic E-state index is 11.9. The highest BCUT2D eigenvalue weighted by Gasteiger charge is 2.18. The summed E-state index contributed by atoms with van der Waals surface area (Å²) in [6.07, 6.45) is 0. The SMILES string of the molecule is CC(C)c1ccc(OCC(=O)NCCOc2ccccc2C(C)(C)C)cc1. The van der Waals surface area contributed by atoms with Crippen LogP contribution in [0.15, 0.2) is 48.5 Å². The van der Waals surface area contributed by atoms with Crippen LogP contribution in [0.1, 0.15) is 51.7 Å². The second-order valence-corrected chi connectivity index (χ2v) is 7.96. The van der Waals surface area contributed by atoms with E-state index in [-0.39, 0.29) is 17.9 Å². The Balaban J connectivity index is 1.72. The maximum Gasteiger partial charge on any atom is 0.258 e. The summed E-state index contributed by atoms with van der Waals surface area (Å²) in [5.74, 6) is 1.88. The summed E-state index contributed by atoms with van der Waals surface area (Å²) in [6.45, 7) is 11.6. The minimum Gasteiger partial charge on any atom is -0.491 e. The third kappa shape index (κ3) is 6.63. The number of carbonyl (C=O) groups is 1. The Kier molecular flexibility index (Phi) is 7.28. The predicted octanol–water partition coefficient (Wildman–Crippen LogP) is 4.68. The molecule has 0 aliphatic rings. The zero-order valence-corrected chi connectivity index (χ0v) is 17.0. The van der Waals surface area contributed by atoms with Gasteiger partial charge in [0, 0.05) is 0 Å². The van der Waals surface area contributed by atoms with Crippen molar-refractivity contribution in [2.75, 3.05) is 19.8 Å². The normalized spacial score (nSPS) is 11.3. The van der Waals surface area contributed by atoms with Crippen molar-refractivity contribution in [2.24, 2.45) is 0 Å². The summed E-state index contributed by atoms with van der Waals surface area (Å²) < 4.78 is 11.4. The molecule has 2 aromatic carbocycles. The second kappa shape index (κ2) is 9.45. The average molecular weight is 370 g/mol. The topological polar surface area (TPSA) is 47.6 Å². The summed E-state index contributed by atoms with van der Waals surface area (Å²) in [5.41, 5.74) is 2.42. The Morgan fingerprint density at radius 2 is 1.67 bits per heavy atom. The second-order valence-electron chi connectivity index (χ2n) is 7.96. The number of para-hydroxylation sites is 1. The van der Waals surface area contributed by atoms with Gasteiger partial charge in [-0.05, 0) is 40.7 Å². The molecule has 0 spiro atoms. The fourth-order valence-electron chi connectivity index (χ4n) is 2.71. The van der Waals surface area contributed by atoms with E-state index >= 15 is 0 Å². The van der Waals surface area contributed by atoms with Gasteiger partial charge in [-0.1, -0.05) is 65.0 Å². The Morgan fingerprint density at radius 3 is 2.30 bits per heavy atom. The number of carbonyl (C=O) groups excluding carboxylic acids is 1. The van der Waals surface area contributed by atoms with Crippen LogP contribution < -0.4 is 14.8 Å². The van der Waals surface area contributed by atoms with Crippen LogP contribution in [0.2, 0.25) is 0 Å². The van der Waals surface area contributed by atoms with Gasteiger partial charge in [0.05, 0.1) is 6.54 Å². The summed E-state index contributed by atoms with van der Waals surface area (Å²) in [4.78, 5) is 11.9. The van der Waals surface area contributed by atoms with Gasteiger partial charge in [-0.2, -0.15) is 0 Å². The van der Waals surface area contributed by atoms with Gasteiger partial charge in [0.1, 0.15) is 18.1 Å². The molecular weight excluding hydrogens is 338 g/mol. The number of hydrogen-bond acceptors (Lipinski definition) is 3. The summed E-state index contributed by atoms with van der Waals surface area (Å²) in [7, 11) is 0. The molecule has 0 aliphatic heterocycles. The number of nitrogens with one attached hydrogen (secondary N) is 1. The lowest BCUT2D eigenvalue weighted by atomic mass is 9.86. The smallest absolute Gasteiger partial charge is 0.258 e. The highest BCUT2D eigenvalue weighted by molar-refractivity contribution is 5.77. The highest BCUT2D eigenvalue weighted by atomic mass is 16.5. The van der Waals surface area contributed by atoms with E-state index in [1.165, 1.54) is 5.56 Å². The predicted molar refractivity (Wildman–Crippen MR) is 110 cm³/mol. The Labute approximate surface area is 162 Å². The first-order valence-electron chi connectivity index (χ1n) is 9.49. The zero-order valence-electron chi connectivity index (χ0n) is 17.0. The molecule has 4 heteroatoms. The van der Waals surface area contributed by atoms with E-state index in [1.807, 2.05) is 42.5 Å². The molecule has 2 aromatic rings. The van der Waals surface area contributed by atoms with E-state index in [1.54, 1.807) is 0 Å². The number of rotatable bonds is 8. The molecule has 2 rings (SSSR count). The molecule has 0 unspecified atom stereocenters. The van der Waals surface area contributed by atoms with Gasteiger partial charge < -0.3 is 14.8 Å². The van der Waals surface area contributed by atoms with Gasteiger partial charge >= 0.3 is 0 Å². The van der Waals surface area contributed by atoms with Crippen molar-refractivity contribution in [1.82, 2.24) is 5.32 Å². The molecule has 0 heterocycles. The van der Waals surface area contributed by atoms with Gasteiger partial charge in [0.2, 0.25) is 0 Å². The standard InChI is InChI=1S/C23H31NO3/c1-17(2)18-10-12-19(13-11-18)27-16-22(25)24-14-15-26-21-9-7-6-8-20(21)23(3,4)5/h6-13,17H,14-16H2,1-5H3,(H,24,25). The molecule has 0 fully saturated rings. The fraction of sp³-hybridized carbons (Fsp3) is 0.435. The van der Waals surface area contributed by atoms with Crippen molar-refractivity contribution >= 4 is 5.91 Å². The molecule has 1 N–H and O–H groups in total. The monoisotopic (exact) mass is 369 g/mol. The fourth-order valence-corrected chi connectivity index (χ4v) is 2.71. The van der Waals surface area contributed by atoms with E-state index in [9.17, 15) is 4.79 Å². The number of hydrogen-bond donors (Lipinski definition) is 1. The van der Waals surface area contributed by atoms with Crippen LogP contribution in [-0.4, -0.2) is 25.7 Å². The number of amides is 1. The summed E-state index contributed by atoms with van der Waals surface area (Å²) in [6, 6.07) is 15.9. The maximum atomic E-state index is 11.9. The van der Waals surface area contributed by atoms with E-state index in [0.29, 0.717) is 24.8 Å². The van der Waals surface area contributed by atoms with E-state index in [0.717, 1.165) is 11.3 Å². The van der Waals surface area contributed by atoms with Crippen molar-refractivity contribution in [1.29, 1.82) is 0 Å². The van der Waals surface area contributed by atoms with Crippen LogP contribution in [-0.2, 0) is 10.2 Å². The lowest BCUT2D eigenvalue weighted by Gasteiger charge is -2.22. The third-order valence-corrected chi connectivity index (χ3v) is 4.29. The number of benzene rings is 2. The molecular formula is C23H31NO3. The van der Waals surface area contributed by atoms with Gasteiger partial charge in [-0.3, -0.25) is 4.79 Å². The minimum atomic E-state index is -0.157. The Bertz CT molecular complexity index is 730.